The van der Waals surface area contributed by atoms with Gasteiger partial charge in [-0.2, -0.15) is 5.26 Å². The summed E-state index contributed by atoms with van der Waals surface area (Å²) < 4.78 is 0. The van der Waals surface area contributed by atoms with Crippen molar-refractivity contribution in [2.75, 3.05) is 5.32 Å². The van der Waals surface area contributed by atoms with E-state index < -0.39 is 0 Å². The second kappa shape index (κ2) is 4.73. The first kappa shape index (κ1) is 10.6. The molecule has 80 valence electrons. The van der Waals surface area contributed by atoms with Crippen LogP contribution in [-0.2, 0) is 6.54 Å². The monoisotopic (exact) mass is 230 g/mol. The van der Waals surface area contributed by atoms with Gasteiger partial charge in [-0.05, 0) is 19.1 Å². The Labute approximate surface area is 97.6 Å². The number of nitrogens with zero attached hydrogens (tertiary/aromatic N) is 3. The second-order valence-corrected chi connectivity index (χ2v) is 4.56. The van der Waals surface area contributed by atoms with Crippen LogP contribution in [0, 0.1) is 18.3 Å². The van der Waals surface area contributed by atoms with Crippen LogP contribution in [-0.4, -0.2) is 9.97 Å². The zero-order valence-electron chi connectivity index (χ0n) is 8.77. The van der Waals surface area contributed by atoms with Gasteiger partial charge in [0.1, 0.15) is 11.8 Å². The number of thiazole rings is 1. The molecule has 0 aromatic carbocycles. The molecule has 2 rings (SSSR count). The van der Waals surface area contributed by atoms with Gasteiger partial charge in [0.25, 0.3) is 0 Å². The number of hydrogen-bond acceptors (Lipinski definition) is 5. The topological polar surface area (TPSA) is 61.6 Å². The van der Waals surface area contributed by atoms with E-state index in [9.17, 15) is 0 Å². The number of rotatable bonds is 3. The maximum atomic E-state index is 8.70. The fourth-order valence-electron chi connectivity index (χ4n) is 1.28. The van der Waals surface area contributed by atoms with Crippen molar-refractivity contribution in [3.8, 4) is 6.07 Å². The fraction of sp³-hybridized carbons (Fsp3) is 0.182. The van der Waals surface area contributed by atoms with Crippen molar-refractivity contribution in [1.82, 2.24) is 9.97 Å². The molecule has 0 spiro atoms. The molecule has 0 atom stereocenters. The third-order valence-corrected chi connectivity index (χ3v) is 2.92. The number of nitriles is 1. The summed E-state index contributed by atoms with van der Waals surface area (Å²) in [6.07, 6.45) is 3.48. The third kappa shape index (κ3) is 2.55. The van der Waals surface area contributed by atoms with Crippen molar-refractivity contribution < 1.29 is 0 Å². The molecule has 0 bridgehead atoms. The van der Waals surface area contributed by atoms with E-state index in [0.29, 0.717) is 5.69 Å². The van der Waals surface area contributed by atoms with Crippen LogP contribution in [0.25, 0.3) is 0 Å². The Kier molecular flexibility index (Phi) is 3.13. The molecule has 4 nitrogen and oxygen atoms in total. The van der Waals surface area contributed by atoms with E-state index in [0.717, 1.165) is 17.2 Å². The zero-order chi connectivity index (χ0) is 11.4. The van der Waals surface area contributed by atoms with Gasteiger partial charge in [0.05, 0.1) is 11.6 Å². The molecule has 0 radical (unpaired) electrons. The van der Waals surface area contributed by atoms with E-state index in [-0.39, 0.29) is 0 Å². The first-order chi connectivity index (χ1) is 7.78. The summed E-state index contributed by atoms with van der Waals surface area (Å²) in [6, 6.07) is 5.58. The Balaban J connectivity index is 2.02. The normalized spacial score (nSPS) is 9.75. The summed E-state index contributed by atoms with van der Waals surface area (Å²) in [5.41, 5.74) is 1.32. The number of nitrogens with one attached hydrogen (secondary N) is 1. The highest BCUT2D eigenvalue weighted by Crippen LogP contribution is 2.14. The van der Waals surface area contributed by atoms with Gasteiger partial charge in [0, 0.05) is 23.0 Å². The molecule has 0 aliphatic rings. The number of aryl methyl sites for hydroxylation is 1. The van der Waals surface area contributed by atoms with Crippen molar-refractivity contribution in [3.63, 3.8) is 0 Å². The highest BCUT2D eigenvalue weighted by Gasteiger charge is 1.99. The van der Waals surface area contributed by atoms with E-state index >= 15 is 0 Å². The standard InChI is InChI=1S/C11H10N4S/c1-8-14-6-11(16-8)7-15-9-2-3-13-10(4-9)5-12/h2-4,6H,7H2,1H3,(H,13,15). The van der Waals surface area contributed by atoms with E-state index in [1.54, 1.807) is 23.6 Å². The summed E-state index contributed by atoms with van der Waals surface area (Å²) in [7, 11) is 0. The van der Waals surface area contributed by atoms with Crippen LogP contribution < -0.4 is 5.32 Å². The molecule has 1 N–H and O–H groups in total. The van der Waals surface area contributed by atoms with Crippen LogP contribution in [0.1, 0.15) is 15.6 Å². The molecule has 0 saturated heterocycles. The Morgan fingerprint density at radius 1 is 1.50 bits per heavy atom. The number of anilines is 1. The Bertz CT molecular complexity index is 527. The SMILES string of the molecule is Cc1ncc(CNc2ccnc(C#N)c2)s1. The highest BCUT2D eigenvalue weighted by atomic mass is 32.1. The van der Waals surface area contributed by atoms with E-state index in [1.807, 2.05) is 25.3 Å². The van der Waals surface area contributed by atoms with Crippen LogP contribution in [0.15, 0.2) is 24.5 Å². The molecule has 0 amide bonds. The van der Waals surface area contributed by atoms with Crippen LogP contribution >= 0.6 is 11.3 Å². The fourth-order valence-corrected chi connectivity index (χ4v) is 2.01. The Morgan fingerprint density at radius 2 is 2.38 bits per heavy atom. The molecule has 5 heteroatoms. The maximum Gasteiger partial charge on any atom is 0.142 e. The first-order valence-electron chi connectivity index (χ1n) is 4.79. The molecule has 0 saturated carbocycles. The van der Waals surface area contributed by atoms with Crippen LogP contribution in [0.2, 0.25) is 0 Å². The molecular formula is C11H10N4S. The molecule has 0 aliphatic carbocycles. The Morgan fingerprint density at radius 3 is 3.06 bits per heavy atom. The van der Waals surface area contributed by atoms with Gasteiger partial charge in [-0.15, -0.1) is 11.3 Å². The van der Waals surface area contributed by atoms with Crippen LogP contribution in [0.5, 0.6) is 0 Å². The van der Waals surface area contributed by atoms with Crippen molar-refractivity contribution in [1.29, 1.82) is 5.26 Å². The average Bonchev–Trinajstić information content (AvgIpc) is 2.73. The third-order valence-electron chi connectivity index (χ3n) is 2.01. The largest absolute Gasteiger partial charge is 0.380 e. The minimum absolute atomic E-state index is 0.422. The smallest absolute Gasteiger partial charge is 0.142 e. The van der Waals surface area contributed by atoms with Gasteiger partial charge < -0.3 is 5.32 Å². The van der Waals surface area contributed by atoms with Gasteiger partial charge in [-0.1, -0.05) is 0 Å². The van der Waals surface area contributed by atoms with E-state index in [1.165, 1.54) is 4.88 Å². The van der Waals surface area contributed by atoms with Gasteiger partial charge in [-0.3, -0.25) is 0 Å². The number of aromatic nitrogens is 2. The van der Waals surface area contributed by atoms with E-state index in [4.69, 9.17) is 5.26 Å². The number of hydrogen-bond donors (Lipinski definition) is 1. The first-order valence-corrected chi connectivity index (χ1v) is 5.61. The van der Waals surface area contributed by atoms with Gasteiger partial charge in [0.2, 0.25) is 0 Å². The Hall–Kier alpha value is -1.93. The lowest BCUT2D eigenvalue weighted by atomic mass is 10.3. The lowest BCUT2D eigenvalue weighted by Crippen LogP contribution is -1.98. The van der Waals surface area contributed by atoms with E-state index in [2.05, 4.69) is 15.3 Å². The van der Waals surface area contributed by atoms with Crippen molar-refractivity contribution in [2.24, 2.45) is 0 Å². The minimum Gasteiger partial charge on any atom is -0.380 e. The lowest BCUT2D eigenvalue weighted by Gasteiger charge is -2.03. The predicted octanol–water partition coefficient (Wildman–Crippen LogP) is 2.33. The summed E-state index contributed by atoms with van der Waals surface area (Å²) >= 11 is 1.66. The molecule has 2 aromatic rings. The van der Waals surface area contributed by atoms with Crippen LogP contribution in [0.3, 0.4) is 0 Å². The van der Waals surface area contributed by atoms with Crippen molar-refractivity contribution in [3.05, 3.63) is 40.1 Å². The molecule has 0 unspecified atom stereocenters. The second-order valence-electron chi connectivity index (χ2n) is 3.24. The van der Waals surface area contributed by atoms with Crippen LogP contribution in [0.4, 0.5) is 5.69 Å². The molecular weight excluding hydrogens is 220 g/mol. The highest BCUT2D eigenvalue weighted by molar-refractivity contribution is 7.11. The quantitative estimate of drug-likeness (QED) is 0.879. The van der Waals surface area contributed by atoms with Crippen molar-refractivity contribution >= 4 is 17.0 Å². The number of pyridine rings is 1. The average molecular weight is 230 g/mol. The summed E-state index contributed by atoms with van der Waals surface area (Å²) in [5, 5.41) is 13.0. The van der Waals surface area contributed by atoms with Gasteiger partial charge >= 0.3 is 0 Å². The summed E-state index contributed by atoms with van der Waals surface area (Å²) in [4.78, 5) is 9.26. The molecule has 2 aromatic heterocycles. The molecule has 0 fully saturated rings. The molecule has 0 aliphatic heterocycles. The van der Waals surface area contributed by atoms with Crippen molar-refractivity contribution in [2.45, 2.75) is 13.5 Å². The summed E-state index contributed by atoms with van der Waals surface area (Å²) in [6.45, 7) is 2.70. The van der Waals surface area contributed by atoms with Gasteiger partial charge in [0.15, 0.2) is 0 Å². The van der Waals surface area contributed by atoms with Gasteiger partial charge in [-0.25, -0.2) is 9.97 Å². The molecule has 2 heterocycles. The molecule has 16 heavy (non-hydrogen) atoms. The lowest BCUT2D eigenvalue weighted by molar-refractivity contribution is 1.15. The maximum absolute atomic E-state index is 8.70. The zero-order valence-corrected chi connectivity index (χ0v) is 9.58. The predicted molar refractivity (Wildman–Crippen MR) is 63.1 cm³/mol. The minimum atomic E-state index is 0.422. The summed E-state index contributed by atoms with van der Waals surface area (Å²) in [5.74, 6) is 0.